The molecule has 0 saturated heterocycles. The van der Waals surface area contributed by atoms with Crippen molar-refractivity contribution in [3.8, 4) is 6.07 Å². The molecule has 1 fully saturated rings. The van der Waals surface area contributed by atoms with Crippen LogP contribution in [0.1, 0.15) is 30.4 Å². The van der Waals surface area contributed by atoms with Crippen molar-refractivity contribution >= 4 is 23.2 Å². The zero-order valence-electron chi connectivity index (χ0n) is 14.2. The Morgan fingerprint density at radius 2 is 2.08 bits per heavy atom. The average molecular weight is 372 g/mol. The number of carbonyl (C=O) groups excluding carboxylic acids is 1. The molecule has 0 unspecified atom stereocenters. The average Bonchev–Trinajstić information content (AvgIpc) is 3.45. The lowest BCUT2D eigenvalue weighted by atomic mass is 10.2. The van der Waals surface area contributed by atoms with E-state index in [9.17, 15) is 9.18 Å². The third kappa shape index (κ3) is 4.81. The van der Waals surface area contributed by atoms with E-state index in [1.54, 1.807) is 30.3 Å². The lowest BCUT2D eigenvalue weighted by molar-refractivity contribution is -0.116. The van der Waals surface area contributed by atoms with Crippen molar-refractivity contribution in [3.05, 3.63) is 64.4 Å². The standard InChI is InChI=1S/C20H19ClFN3O/c21-18-11-16(6-5-14(18)12-23)24-20(26)9-10-25(17-7-8-17)13-15-3-1-2-4-19(15)22/h1-6,11,17H,7-10,13H2,(H,24,26). The molecule has 6 heteroatoms. The molecule has 1 N–H and O–H groups in total. The number of rotatable bonds is 7. The van der Waals surface area contributed by atoms with Crippen molar-refractivity contribution in [2.75, 3.05) is 11.9 Å². The molecule has 0 spiro atoms. The maximum Gasteiger partial charge on any atom is 0.225 e. The highest BCUT2D eigenvalue weighted by molar-refractivity contribution is 6.32. The molecule has 134 valence electrons. The van der Waals surface area contributed by atoms with Crippen LogP contribution in [0, 0.1) is 17.1 Å². The van der Waals surface area contributed by atoms with Crippen LogP contribution in [0.25, 0.3) is 0 Å². The molecule has 0 aliphatic heterocycles. The summed E-state index contributed by atoms with van der Waals surface area (Å²) in [5.41, 5.74) is 1.58. The van der Waals surface area contributed by atoms with E-state index in [0.717, 1.165) is 12.8 Å². The molecular formula is C20H19ClFN3O. The largest absolute Gasteiger partial charge is 0.326 e. The van der Waals surface area contributed by atoms with E-state index in [0.29, 0.717) is 47.4 Å². The summed E-state index contributed by atoms with van der Waals surface area (Å²) in [6.45, 7) is 1.07. The van der Waals surface area contributed by atoms with Crippen molar-refractivity contribution in [1.29, 1.82) is 5.26 Å². The van der Waals surface area contributed by atoms with Crippen LogP contribution in [-0.4, -0.2) is 23.4 Å². The van der Waals surface area contributed by atoms with Gasteiger partial charge in [0.1, 0.15) is 11.9 Å². The quantitative estimate of drug-likeness (QED) is 0.787. The normalized spacial score (nSPS) is 13.5. The van der Waals surface area contributed by atoms with Crippen molar-refractivity contribution in [3.63, 3.8) is 0 Å². The van der Waals surface area contributed by atoms with E-state index in [4.69, 9.17) is 16.9 Å². The zero-order valence-corrected chi connectivity index (χ0v) is 15.0. The highest BCUT2D eigenvalue weighted by Gasteiger charge is 2.29. The van der Waals surface area contributed by atoms with E-state index in [1.165, 1.54) is 6.07 Å². The van der Waals surface area contributed by atoms with Gasteiger partial charge in [-0.1, -0.05) is 29.8 Å². The third-order valence-electron chi connectivity index (χ3n) is 4.39. The molecule has 0 bridgehead atoms. The zero-order chi connectivity index (χ0) is 18.5. The Hall–Kier alpha value is -2.42. The summed E-state index contributed by atoms with van der Waals surface area (Å²) >= 11 is 5.98. The Kier molecular flexibility index (Phi) is 5.87. The summed E-state index contributed by atoms with van der Waals surface area (Å²) < 4.78 is 13.9. The first-order valence-electron chi connectivity index (χ1n) is 8.54. The Balaban J connectivity index is 1.56. The Morgan fingerprint density at radius 1 is 1.31 bits per heavy atom. The number of hydrogen-bond acceptors (Lipinski definition) is 3. The summed E-state index contributed by atoms with van der Waals surface area (Å²) in [6, 6.07) is 13.9. The van der Waals surface area contributed by atoms with Crippen LogP contribution in [0.4, 0.5) is 10.1 Å². The van der Waals surface area contributed by atoms with Gasteiger partial charge in [-0.15, -0.1) is 0 Å². The van der Waals surface area contributed by atoms with E-state index >= 15 is 0 Å². The van der Waals surface area contributed by atoms with Gasteiger partial charge in [-0.05, 0) is 37.1 Å². The molecule has 2 aromatic carbocycles. The van der Waals surface area contributed by atoms with Gasteiger partial charge in [0.25, 0.3) is 0 Å². The number of nitrogens with zero attached hydrogens (tertiary/aromatic N) is 2. The monoisotopic (exact) mass is 371 g/mol. The lowest BCUT2D eigenvalue weighted by Gasteiger charge is -2.22. The highest BCUT2D eigenvalue weighted by Crippen LogP contribution is 2.29. The molecule has 0 radical (unpaired) electrons. The van der Waals surface area contributed by atoms with Crippen LogP contribution in [-0.2, 0) is 11.3 Å². The van der Waals surface area contributed by atoms with Crippen molar-refractivity contribution in [2.24, 2.45) is 0 Å². The number of benzene rings is 2. The molecule has 0 atom stereocenters. The molecule has 1 saturated carbocycles. The first-order chi connectivity index (χ1) is 12.6. The molecule has 2 aromatic rings. The fourth-order valence-electron chi connectivity index (χ4n) is 2.83. The number of amides is 1. The third-order valence-corrected chi connectivity index (χ3v) is 4.71. The number of carbonyl (C=O) groups is 1. The summed E-state index contributed by atoms with van der Waals surface area (Å²) in [5, 5.41) is 12.0. The fourth-order valence-corrected chi connectivity index (χ4v) is 3.05. The fraction of sp³-hybridized carbons (Fsp3) is 0.300. The van der Waals surface area contributed by atoms with Gasteiger partial charge in [-0.25, -0.2) is 4.39 Å². The lowest BCUT2D eigenvalue weighted by Crippen LogP contribution is -2.30. The second-order valence-electron chi connectivity index (χ2n) is 6.40. The first-order valence-corrected chi connectivity index (χ1v) is 8.91. The van der Waals surface area contributed by atoms with Gasteiger partial charge >= 0.3 is 0 Å². The number of hydrogen-bond donors (Lipinski definition) is 1. The van der Waals surface area contributed by atoms with Gasteiger partial charge in [0.2, 0.25) is 5.91 Å². The van der Waals surface area contributed by atoms with Gasteiger partial charge < -0.3 is 5.32 Å². The van der Waals surface area contributed by atoms with Gasteiger partial charge in [0, 0.05) is 36.8 Å². The summed E-state index contributed by atoms with van der Waals surface area (Å²) in [4.78, 5) is 14.4. The minimum absolute atomic E-state index is 0.134. The minimum Gasteiger partial charge on any atom is -0.326 e. The molecule has 4 nitrogen and oxygen atoms in total. The van der Waals surface area contributed by atoms with Crippen molar-refractivity contribution in [2.45, 2.75) is 31.8 Å². The number of nitriles is 1. The SMILES string of the molecule is N#Cc1ccc(NC(=O)CCN(Cc2ccccc2F)C2CC2)cc1Cl. The summed E-state index contributed by atoms with van der Waals surface area (Å²) in [7, 11) is 0. The molecule has 0 heterocycles. The molecule has 3 rings (SSSR count). The minimum atomic E-state index is -0.213. The Bertz CT molecular complexity index is 845. The first kappa shape index (κ1) is 18.4. The van der Waals surface area contributed by atoms with Crippen molar-refractivity contribution in [1.82, 2.24) is 4.90 Å². The maximum absolute atomic E-state index is 13.9. The van der Waals surface area contributed by atoms with Crippen molar-refractivity contribution < 1.29 is 9.18 Å². The van der Waals surface area contributed by atoms with Gasteiger partial charge in [-0.3, -0.25) is 9.69 Å². The van der Waals surface area contributed by atoms with Gasteiger partial charge in [0.15, 0.2) is 0 Å². The van der Waals surface area contributed by atoms with Crippen LogP contribution < -0.4 is 5.32 Å². The second kappa shape index (κ2) is 8.31. The van der Waals surface area contributed by atoms with Crippen LogP contribution in [0.2, 0.25) is 5.02 Å². The Labute approximate surface area is 157 Å². The predicted octanol–water partition coefficient (Wildman–Crippen LogP) is 4.34. The Morgan fingerprint density at radius 3 is 2.73 bits per heavy atom. The van der Waals surface area contributed by atoms with E-state index in [-0.39, 0.29) is 11.7 Å². The van der Waals surface area contributed by atoms with Gasteiger partial charge in [0.05, 0.1) is 10.6 Å². The van der Waals surface area contributed by atoms with Crippen LogP contribution >= 0.6 is 11.6 Å². The number of halogens is 2. The molecular weight excluding hydrogens is 353 g/mol. The molecule has 0 aromatic heterocycles. The topological polar surface area (TPSA) is 56.1 Å². The second-order valence-corrected chi connectivity index (χ2v) is 6.80. The summed E-state index contributed by atoms with van der Waals surface area (Å²) in [6.07, 6.45) is 2.48. The van der Waals surface area contributed by atoms with Crippen LogP contribution in [0.5, 0.6) is 0 Å². The predicted molar refractivity (Wildman–Crippen MR) is 99.2 cm³/mol. The number of nitrogens with one attached hydrogen (secondary N) is 1. The number of anilines is 1. The summed E-state index contributed by atoms with van der Waals surface area (Å²) in [5.74, 6) is -0.347. The molecule has 26 heavy (non-hydrogen) atoms. The van der Waals surface area contributed by atoms with Crippen LogP contribution in [0.15, 0.2) is 42.5 Å². The highest BCUT2D eigenvalue weighted by atomic mass is 35.5. The smallest absolute Gasteiger partial charge is 0.225 e. The van der Waals surface area contributed by atoms with E-state index < -0.39 is 0 Å². The molecule has 1 amide bonds. The molecule has 1 aliphatic rings. The van der Waals surface area contributed by atoms with Crippen LogP contribution in [0.3, 0.4) is 0 Å². The maximum atomic E-state index is 13.9. The van der Waals surface area contributed by atoms with E-state index in [2.05, 4.69) is 10.2 Å². The van der Waals surface area contributed by atoms with E-state index in [1.807, 2.05) is 12.1 Å². The molecule has 1 aliphatic carbocycles. The van der Waals surface area contributed by atoms with Gasteiger partial charge in [-0.2, -0.15) is 5.26 Å².